The average molecular weight is 629 g/mol. The Balaban J connectivity index is 0.000000103. The fourth-order valence-corrected chi connectivity index (χ4v) is 8.71. The first-order valence-electron chi connectivity index (χ1n) is 18.1. The van der Waals surface area contributed by atoms with Crippen molar-refractivity contribution < 1.29 is 0 Å². The van der Waals surface area contributed by atoms with Crippen molar-refractivity contribution in [1.29, 1.82) is 0 Å². The van der Waals surface area contributed by atoms with Gasteiger partial charge in [0.1, 0.15) is 0 Å². The molecule has 0 spiro atoms. The van der Waals surface area contributed by atoms with Crippen LogP contribution in [0.2, 0.25) is 0 Å². The summed E-state index contributed by atoms with van der Waals surface area (Å²) in [4.78, 5) is 0. The minimum absolute atomic E-state index is 1.15. The second-order valence-corrected chi connectivity index (χ2v) is 15.9. The second-order valence-electron chi connectivity index (χ2n) is 15.9. The molecule has 2 aromatic carbocycles. The van der Waals surface area contributed by atoms with E-state index in [-0.39, 0.29) is 0 Å². The lowest BCUT2D eigenvalue weighted by molar-refractivity contribution is 1.05. The van der Waals surface area contributed by atoms with Crippen molar-refractivity contribution in [3.63, 3.8) is 0 Å². The molecule has 8 aliphatic carbocycles. The van der Waals surface area contributed by atoms with Crippen molar-refractivity contribution in [2.24, 2.45) is 0 Å². The Morgan fingerprint density at radius 3 is 0.979 bits per heavy atom. The molecule has 0 amide bonds. The molecule has 0 nitrogen and oxygen atoms in total. The molecule has 0 heterocycles. The van der Waals surface area contributed by atoms with Crippen LogP contribution in [0.5, 0.6) is 0 Å². The molecule has 10 rings (SSSR count). The van der Waals surface area contributed by atoms with Crippen molar-refractivity contribution in [2.45, 2.75) is 107 Å². The summed E-state index contributed by atoms with van der Waals surface area (Å²) in [6, 6.07) is 9.48. The highest BCUT2D eigenvalue weighted by molar-refractivity contribution is 5.73. The van der Waals surface area contributed by atoms with Gasteiger partial charge in [0, 0.05) is 0 Å². The number of rotatable bonds is 0. The smallest absolute Gasteiger partial charge is 0.00604 e. The van der Waals surface area contributed by atoms with Crippen LogP contribution in [0.1, 0.15) is 126 Å². The van der Waals surface area contributed by atoms with Crippen LogP contribution >= 0.6 is 0 Å². The van der Waals surface area contributed by atoms with E-state index in [2.05, 4.69) is 128 Å². The van der Waals surface area contributed by atoms with Gasteiger partial charge in [-0.15, -0.1) is 0 Å². The standard InChI is InChI=1S/2C14H14.2C10H12/c2*1-9-3-11-7-13-5-10(2)6-14(13)8-12(11)4-9;2*1-7-3-9-5-8(2)6-10(9)4-7/h3,6-8H,4-5H2,1-2H3;3,5,7-8H,4,6H2,1-2H3;3,6H,4-5H2,1-2H3;3,5H,4,6H2,1-2H3. The highest BCUT2D eigenvalue weighted by atomic mass is 14.2. The molecule has 0 N–H and O–H groups in total. The molecular formula is C48H52. The molecule has 0 radical (unpaired) electrons. The molecule has 2 aromatic rings. The molecular weight excluding hydrogens is 577 g/mol. The van der Waals surface area contributed by atoms with Gasteiger partial charge >= 0.3 is 0 Å². The summed E-state index contributed by atoms with van der Waals surface area (Å²) >= 11 is 0. The zero-order valence-corrected chi connectivity index (χ0v) is 30.6. The van der Waals surface area contributed by atoms with Crippen LogP contribution in [0.4, 0.5) is 0 Å². The molecule has 0 atom stereocenters. The SMILES string of the molecule is CC1=CC2=C(C1)CC(C)=C2.CC1=CC2=C(C=C(C)C2)C1.CC1=Cc2cc3c(cc2C1)C=C(C)C3.CC1=Cc2cc3c(cc2C1)CC(C)=C3. The minimum Gasteiger partial charge on any atom is -0.0686 e. The summed E-state index contributed by atoms with van der Waals surface area (Å²) in [5.74, 6) is 0. The van der Waals surface area contributed by atoms with Gasteiger partial charge in [0.2, 0.25) is 0 Å². The van der Waals surface area contributed by atoms with Gasteiger partial charge in [-0.1, -0.05) is 117 Å². The van der Waals surface area contributed by atoms with E-state index in [1.165, 1.54) is 120 Å². The Labute approximate surface area is 290 Å². The molecule has 0 aromatic heterocycles. The molecule has 0 heteroatoms. The van der Waals surface area contributed by atoms with Crippen molar-refractivity contribution in [3.05, 3.63) is 160 Å². The van der Waals surface area contributed by atoms with Crippen LogP contribution in [0.25, 0.3) is 24.3 Å². The third-order valence-corrected chi connectivity index (χ3v) is 10.7. The van der Waals surface area contributed by atoms with Crippen molar-refractivity contribution >= 4 is 24.3 Å². The zero-order valence-electron chi connectivity index (χ0n) is 30.6. The van der Waals surface area contributed by atoms with Gasteiger partial charge < -0.3 is 0 Å². The molecule has 0 aliphatic heterocycles. The van der Waals surface area contributed by atoms with Crippen LogP contribution in [0, 0.1) is 0 Å². The summed E-state index contributed by atoms with van der Waals surface area (Å²) in [6.07, 6.45) is 28.0. The van der Waals surface area contributed by atoms with Crippen LogP contribution in [-0.4, -0.2) is 0 Å². The first-order chi connectivity index (χ1) is 22.9. The highest BCUT2D eigenvalue weighted by Crippen LogP contribution is 2.37. The normalized spacial score (nSPS) is 19.8. The lowest BCUT2D eigenvalue weighted by Gasteiger charge is -2.03. The summed E-state index contributed by atoms with van der Waals surface area (Å²) in [6.45, 7) is 17.7. The minimum atomic E-state index is 1.15. The Hall–Kier alpha value is -4.16. The number of fused-ring (bicyclic) bond motifs is 4. The van der Waals surface area contributed by atoms with E-state index in [1.54, 1.807) is 16.7 Å². The van der Waals surface area contributed by atoms with Crippen LogP contribution in [0.3, 0.4) is 0 Å². The summed E-state index contributed by atoms with van der Waals surface area (Å²) in [5.41, 5.74) is 30.1. The predicted octanol–water partition coefficient (Wildman–Crippen LogP) is 13.2. The van der Waals surface area contributed by atoms with E-state index >= 15 is 0 Å². The van der Waals surface area contributed by atoms with Gasteiger partial charge in [0.25, 0.3) is 0 Å². The number of allylic oxidation sites excluding steroid dienone is 16. The van der Waals surface area contributed by atoms with Gasteiger partial charge in [0.15, 0.2) is 0 Å². The first kappa shape index (κ1) is 32.4. The summed E-state index contributed by atoms with van der Waals surface area (Å²) in [7, 11) is 0. The quantitative estimate of drug-likeness (QED) is 0.272. The molecule has 0 unspecified atom stereocenters. The van der Waals surface area contributed by atoms with E-state index in [9.17, 15) is 0 Å². The van der Waals surface area contributed by atoms with Gasteiger partial charge in [-0.2, -0.15) is 0 Å². The Kier molecular flexibility index (Phi) is 8.80. The van der Waals surface area contributed by atoms with E-state index in [4.69, 9.17) is 0 Å². The lowest BCUT2D eigenvalue weighted by Crippen LogP contribution is -1.89. The van der Waals surface area contributed by atoms with Gasteiger partial charge in [-0.3, -0.25) is 0 Å². The third-order valence-electron chi connectivity index (χ3n) is 10.7. The van der Waals surface area contributed by atoms with E-state index < -0.39 is 0 Å². The monoisotopic (exact) mass is 628 g/mol. The van der Waals surface area contributed by atoms with E-state index in [0.29, 0.717) is 0 Å². The molecule has 48 heavy (non-hydrogen) atoms. The number of hydrogen-bond donors (Lipinski definition) is 0. The lowest BCUT2D eigenvalue weighted by atomic mass is 10.0. The zero-order chi connectivity index (χ0) is 33.7. The Bertz CT molecular complexity index is 1920. The molecule has 0 bridgehead atoms. The summed E-state index contributed by atoms with van der Waals surface area (Å²) < 4.78 is 0. The van der Waals surface area contributed by atoms with Crippen molar-refractivity contribution in [2.75, 3.05) is 0 Å². The van der Waals surface area contributed by atoms with Crippen LogP contribution in [-0.2, 0) is 25.7 Å². The predicted molar refractivity (Wildman–Crippen MR) is 210 cm³/mol. The maximum absolute atomic E-state index is 2.39. The third kappa shape index (κ3) is 7.00. The topological polar surface area (TPSA) is 0 Å². The van der Waals surface area contributed by atoms with Gasteiger partial charge in [-0.05, 0) is 174 Å². The first-order valence-corrected chi connectivity index (χ1v) is 18.1. The van der Waals surface area contributed by atoms with Crippen molar-refractivity contribution in [3.8, 4) is 0 Å². The molecule has 0 fully saturated rings. The van der Waals surface area contributed by atoms with Gasteiger partial charge in [-0.25, -0.2) is 0 Å². The van der Waals surface area contributed by atoms with E-state index in [1.807, 2.05) is 0 Å². The van der Waals surface area contributed by atoms with Gasteiger partial charge in [0.05, 0.1) is 0 Å². The molecule has 244 valence electrons. The highest BCUT2D eigenvalue weighted by Gasteiger charge is 2.19. The largest absolute Gasteiger partial charge is 0.0686 e. The number of hydrogen-bond acceptors (Lipinski definition) is 0. The fourth-order valence-electron chi connectivity index (χ4n) is 8.71. The Morgan fingerprint density at radius 2 is 0.604 bits per heavy atom. The fraction of sp³-hybridized carbons (Fsp3) is 0.333. The number of benzene rings is 2. The maximum Gasteiger partial charge on any atom is -0.00604 e. The second kappa shape index (κ2) is 13.0. The Morgan fingerprint density at radius 1 is 0.292 bits per heavy atom. The maximum atomic E-state index is 2.39. The van der Waals surface area contributed by atoms with Crippen LogP contribution in [0.15, 0.2) is 115 Å². The van der Waals surface area contributed by atoms with E-state index in [0.717, 1.165) is 25.7 Å². The summed E-state index contributed by atoms with van der Waals surface area (Å²) in [5, 5.41) is 0. The molecule has 0 saturated carbocycles. The van der Waals surface area contributed by atoms with Crippen molar-refractivity contribution in [1.82, 2.24) is 0 Å². The average Bonchev–Trinajstić information content (AvgIpc) is 3.85. The molecule has 8 aliphatic rings. The van der Waals surface area contributed by atoms with Crippen LogP contribution < -0.4 is 0 Å². The molecule has 0 saturated heterocycles.